The number of rotatable bonds is 8. The van der Waals surface area contributed by atoms with Gasteiger partial charge in [0.25, 0.3) is 5.91 Å². The predicted octanol–water partition coefficient (Wildman–Crippen LogP) is 3.38. The lowest BCUT2D eigenvalue weighted by molar-refractivity contribution is -0.131. The van der Waals surface area contributed by atoms with Gasteiger partial charge in [-0.2, -0.15) is 0 Å². The quantitative estimate of drug-likeness (QED) is 0.470. The standard InChI is InChI=1S/C23H29N6O3/c1-15(2)12-23(3)20(30)29(21(24)27-23)14-17-9-7-16(8-10-17)13-25-22(31)26-18-5-4-6-19(11-18)28-32/h4-11,15,28H,12-14H2,1-3H3,(H2,24,27)(H2,25,26,31)/q-1. The zero-order chi connectivity index (χ0) is 23.3. The van der Waals surface area contributed by atoms with E-state index in [4.69, 9.17) is 5.73 Å². The van der Waals surface area contributed by atoms with Gasteiger partial charge >= 0.3 is 6.03 Å². The molecule has 1 aliphatic rings. The fraction of sp³-hybridized carbons (Fsp3) is 0.348. The van der Waals surface area contributed by atoms with Crippen LogP contribution in [0.3, 0.4) is 0 Å². The van der Waals surface area contributed by atoms with Crippen molar-refractivity contribution in [3.05, 3.63) is 64.9 Å². The number of nitrogens with one attached hydrogen (secondary N) is 3. The van der Waals surface area contributed by atoms with Crippen molar-refractivity contribution >= 4 is 29.3 Å². The molecule has 0 saturated carbocycles. The molecule has 0 radical (unpaired) electrons. The average Bonchev–Trinajstić information content (AvgIpc) is 2.95. The molecule has 3 amide bonds. The Morgan fingerprint density at radius 2 is 1.81 bits per heavy atom. The number of carbonyl (C=O) groups is 2. The fourth-order valence-corrected chi connectivity index (χ4v) is 3.80. The van der Waals surface area contributed by atoms with E-state index in [9.17, 15) is 14.8 Å². The summed E-state index contributed by atoms with van der Waals surface area (Å²) in [6.45, 7) is 6.61. The van der Waals surface area contributed by atoms with Gasteiger partial charge in [0.05, 0.1) is 6.54 Å². The summed E-state index contributed by atoms with van der Waals surface area (Å²) < 4.78 is 0. The van der Waals surface area contributed by atoms with Gasteiger partial charge in [-0.05, 0) is 48.6 Å². The van der Waals surface area contributed by atoms with Gasteiger partial charge in [-0.1, -0.05) is 44.2 Å². The normalized spacial score (nSPS) is 18.0. The Bertz CT molecular complexity index is 1010. The zero-order valence-electron chi connectivity index (χ0n) is 18.5. The number of amides is 3. The van der Waals surface area contributed by atoms with Gasteiger partial charge in [-0.15, -0.1) is 0 Å². The molecule has 3 rings (SSSR count). The summed E-state index contributed by atoms with van der Waals surface area (Å²) in [5, 5.41) is 16.2. The summed E-state index contributed by atoms with van der Waals surface area (Å²) >= 11 is 0. The van der Waals surface area contributed by atoms with Crippen molar-refractivity contribution < 1.29 is 9.59 Å². The Morgan fingerprint density at radius 1 is 1.16 bits per heavy atom. The molecule has 0 spiro atoms. The van der Waals surface area contributed by atoms with Crippen LogP contribution >= 0.6 is 0 Å². The zero-order valence-corrected chi connectivity index (χ0v) is 18.5. The number of hydrogen-bond acceptors (Lipinski definition) is 6. The van der Waals surface area contributed by atoms with Gasteiger partial charge in [0.1, 0.15) is 5.54 Å². The van der Waals surface area contributed by atoms with Crippen molar-refractivity contribution in [2.24, 2.45) is 16.6 Å². The third-order valence-electron chi connectivity index (χ3n) is 5.20. The highest BCUT2D eigenvalue weighted by atomic mass is 16.5. The van der Waals surface area contributed by atoms with Crippen molar-refractivity contribution in [1.82, 2.24) is 10.2 Å². The van der Waals surface area contributed by atoms with E-state index in [0.29, 0.717) is 36.8 Å². The molecule has 0 saturated heterocycles. The van der Waals surface area contributed by atoms with Crippen molar-refractivity contribution in [1.29, 1.82) is 0 Å². The number of aliphatic imine (C=N–C) groups is 1. The number of benzene rings is 2. The highest BCUT2D eigenvalue weighted by Gasteiger charge is 2.43. The van der Waals surface area contributed by atoms with Crippen molar-refractivity contribution in [3.8, 4) is 0 Å². The summed E-state index contributed by atoms with van der Waals surface area (Å²) in [5.74, 6) is 0.496. The second-order valence-corrected chi connectivity index (χ2v) is 8.54. The SMILES string of the molecule is CC(C)CC1(C)N=C(N)N(Cc2ccc(CNC(=O)Nc3cccc(N[O-])c3)cc2)C1=O. The third-order valence-corrected chi connectivity index (χ3v) is 5.20. The molecule has 5 N–H and O–H groups in total. The molecular formula is C23H29N6O3-. The molecule has 0 fully saturated rings. The number of nitrogens with two attached hydrogens (primary N) is 1. The molecule has 1 atom stereocenters. The Morgan fingerprint density at radius 3 is 2.47 bits per heavy atom. The minimum Gasteiger partial charge on any atom is -0.761 e. The van der Waals surface area contributed by atoms with Gasteiger partial charge in [-0.25, -0.2) is 9.79 Å². The molecular weight excluding hydrogens is 408 g/mol. The molecule has 9 heteroatoms. The smallest absolute Gasteiger partial charge is 0.319 e. The molecule has 2 aromatic carbocycles. The van der Waals surface area contributed by atoms with E-state index in [1.807, 2.05) is 31.2 Å². The van der Waals surface area contributed by atoms with E-state index in [1.54, 1.807) is 29.7 Å². The summed E-state index contributed by atoms with van der Waals surface area (Å²) in [6, 6.07) is 13.7. The summed E-state index contributed by atoms with van der Waals surface area (Å²) in [5.41, 5.74) is 9.72. The molecule has 0 aromatic heterocycles. The average molecular weight is 438 g/mol. The van der Waals surface area contributed by atoms with Crippen molar-refractivity contribution in [2.45, 2.75) is 45.8 Å². The van der Waals surface area contributed by atoms with Crippen LogP contribution in [-0.4, -0.2) is 28.3 Å². The summed E-state index contributed by atoms with van der Waals surface area (Å²) in [4.78, 5) is 30.9. The molecule has 1 aliphatic heterocycles. The maximum absolute atomic E-state index is 12.9. The highest BCUT2D eigenvalue weighted by molar-refractivity contribution is 6.06. The van der Waals surface area contributed by atoms with Gasteiger partial charge in [-0.3, -0.25) is 9.69 Å². The molecule has 32 heavy (non-hydrogen) atoms. The summed E-state index contributed by atoms with van der Waals surface area (Å²) in [7, 11) is 0. The summed E-state index contributed by atoms with van der Waals surface area (Å²) in [6.07, 6.45) is 0.646. The van der Waals surface area contributed by atoms with E-state index in [0.717, 1.165) is 11.1 Å². The molecule has 0 bridgehead atoms. The molecule has 9 nitrogen and oxygen atoms in total. The largest absolute Gasteiger partial charge is 0.761 e. The monoisotopic (exact) mass is 437 g/mol. The number of nitrogens with zero attached hydrogens (tertiary/aromatic N) is 2. The van der Waals surface area contributed by atoms with Gasteiger partial charge in [0.2, 0.25) is 0 Å². The molecule has 1 heterocycles. The molecule has 170 valence electrons. The van der Waals surface area contributed by atoms with Crippen LogP contribution in [0.15, 0.2) is 53.5 Å². The lowest BCUT2D eigenvalue weighted by Crippen LogP contribution is -2.43. The fourth-order valence-electron chi connectivity index (χ4n) is 3.80. The minimum atomic E-state index is -0.807. The Hall–Kier alpha value is -3.59. The first-order chi connectivity index (χ1) is 15.2. The number of guanidine groups is 1. The molecule has 2 aromatic rings. The Kier molecular flexibility index (Phi) is 6.99. The van der Waals surface area contributed by atoms with Crippen LogP contribution in [0.4, 0.5) is 16.2 Å². The predicted molar refractivity (Wildman–Crippen MR) is 126 cm³/mol. The molecule has 0 aliphatic carbocycles. The van der Waals surface area contributed by atoms with Crippen LogP contribution in [-0.2, 0) is 17.9 Å². The topological polar surface area (TPSA) is 135 Å². The van der Waals surface area contributed by atoms with Crippen LogP contribution in [0.25, 0.3) is 0 Å². The van der Waals surface area contributed by atoms with Crippen LogP contribution in [0.2, 0.25) is 0 Å². The minimum absolute atomic E-state index is 0.0811. The van der Waals surface area contributed by atoms with E-state index >= 15 is 0 Å². The maximum Gasteiger partial charge on any atom is 0.319 e. The van der Waals surface area contributed by atoms with Gasteiger partial charge < -0.3 is 27.1 Å². The van der Waals surface area contributed by atoms with E-state index in [2.05, 4.69) is 29.5 Å². The van der Waals surface area contributed by atoms with E-state index in [1.165, 1.54) is 4.90 Å². The van der Waals surface area contributed by atoms with Gasteiger partial charge in [0, 0.05) is 17.9 Å². The van der Waals surface area contributed by atoms with Crippen LogP contribution in [0.1, 0.15) is 38.3 Å². The Labute approximate surface area is 187 Å². The second kappa shape index (κ2) is 9.69. The lowest BCUT2D eigenvalue weighted by Gasteiger charge is -2.23. The van der Waals surface area contributed by atoms with E-state index < -0.39 is 5.54 Å². The second-order valence-electron chi connectivity index (χ2n) is 8.54. The third kappa shape index (κ3) is 5.55. The number of hydrogen-bond donors (Lipinski definition) is 4. The van der Waals surface area contributed by atoms with Crippen LogP contribution in [0.5, 0.6) is 0 Å². The van der Waals surface area contributed by atoms with Crippen molar-refractivity contribution in [2.75, 3.05) is 10.8 Å². The first-order valence-corrected chi connectivity index (χ1v) is 10.5. The van der Waals surface area contributed by atoms with Crippen LogP contribution < -0.4 is 21.8 Å². The van der Waals surface area contributed by atoms with Crippen molar-refractivity contribution in [3.63, 3.8) is 0 Å². The number of carbonyl (C=O) groups excluding carboxylic acids is 2. The first kappa shape index (κ1) is 23.1. The first-order valence-electron chi connectivity index (χ1n) is 10.5. The molecule has 1 unspecified atom stereocenters. The number of anilines is 2. The maximum atomic E-state index is 12.9. The van der Waals surface area contributed by atoms with Crippen LogP contribution in [0, 0.1) is 11.1 Å². The Balaban J connectivity index is 1.53. The highest BCUT2D eigenvalue weighted by Crippen LogP contribution is 2.29. The lowest BCUT2D eigenvalue weighted by atomic mass is 9.91. The van der Waals surface area contributed by atoms with Gasteiger partial charge in [0.15, 0.2) is 5.96 Å². The van der Waals surface area contributed by atoms with E-state index in [-0.39, 0.29) is 17.9 Å². The number of urea groups is 1.